The summed E-state index contributed by atoms with van der Waals surface area (Å²) in [7, 11) is 0. The first-order chi connectivity index (χ1) is 8.08. The predicted molar refractivity (Wildman–Crippen MR) is 66.9 cm³/mol. The van der Waals surface area contributed by atoms with Crippen LogP contribution in [0.25, 0.3) is 0 Å². The van der Waals surface area contributed by atoms with Gasteiger partial charge in [0.25, 0.3) is 5.79 Å². The van der Waals surface area contributed by atoms with Crippen LogP contribution in [-0.2, 0) is 0 Å². The van der Waals surface area contributed by atoms with Gasteiger partial charge in [0.15, 0.2) is 18.1 Å². The Labute approximate surface area is 106 Å². The number of ether oxygens (including phenoxy) is 2. The van der Waals surface area contributed by atoms with Crippen molar-refractivity contribution < 1.29 is 14.6 Å². The standard InChI is InChI=1S/C13H17ClO3/c1-3-9(2)10-4-5-11-12(6-10)17-13(15,7-14)8-16-11/h4-6,9,15H,3,7-8H2,1-2H3. The highest BCUT2D eigenvalue weighted by Crippen LogP contribution is 2.37. The lowest BCUT2D eigenvalue weighted by Crippen LogP contribution is -2.46. The third-order valence-corrected chi connectivity index (χ3v) is 3.53. The van der Waals surface area contributed by atoms with Crippen molar-refractivity contribution in [3.8, 4) is 11.5 Å². The van der Waals surface area contributed by atoms with E-state index in [1.165, 1.54) is 5.56 Å². The van der Waals surface area contributed by atoms with E-state index >= 15 is 0 Å². The van der Waals surface area contributed by atoms with Gasteiger partial charge in [-0.3, -0.25) is 0 Å². The number of fused-ring (bicyclic) bond motifs is 1. The van der Waals surface area contributed by atoms with Crippen molar-refractivity contribution in [1.29, 1.82) is 0 Å². The topological polar surface area (TPSA) is 38.7 Å². The molecule has 2 atom stereocenters. The fraction of sp³-hybridized carbons (Fsp3) is 0.538. The molecule has 3 nitrogen and oxygen atoms in total. The van der Waals surface area contributed by atoms with Crippen LogP contribution in [0.5, 0.6) is 11.5 Å². The van der Waals surface area contributed by atoms with E-state index in [9.17, 15) is 5.11 Å². The minimum absolute atomic E-state index is 0.0139. The van der Waals surface area contributed by atoms with Crippen LogP contribution in [-0.4, -0.2) is 23.4 Å². The molecule has 1 aromatic rings. The van der Waals surface area contributed by atoms with Gasteiger partial charge in [-0.2, -0.15) is 0 Å². The Bertz CT molecular complexity index is 408. The van der Waals surface area contributed by atoms with Crippen LogP contribution in [0.3, 0.4) is 0 Å². The Kier molecular flexibility index (Phi) is 3.50. The molecule has 4 heteroatoms. The highest BCUT2D eigenvalue weighted by Gasteiger charge is 2.35. The van der Waals surface area contributed by atoms with Crippen molar-refractivity contribution in [2.75, 3.05) is 12.5 Å². The molecule has 1 aliphatic heterocycles. The van der Waals surface area contributed by atoms with Crippen molar-refractivity contribution in [1.82, 2.24) is 0 Å². The molecule has 1 aliphatic rings. The van der Waals surface area contributed by atoms with Crippen LogP contribution in [0.2, 0.25) is 0 Å². The molecular formula is C13H17ClO3. The van der Waals surface area contributed by atoms with E-state index < -0.39 is 5.79 Å². The third-order valence-electron chi connectivity index (χ3n) is 3.11. The minimum atomic E-state index is -1.41. The zero-order chi connectivity index (χ0) is 12.5. The van der Waals surface area contributed by atoms with E-state index in [-0.39, 0.29) is 12.5 Å². The fourth-order valence-corrected chi connectivity index (χ4v) is 1.89. The Morgan fingerprint density at radius 1 is 1.47 bits per heavy atom. The van der Waals surface area contributed by atoms with Crippen LogP contribution in [0.4, 0.5) is 0 Å². The van der Waals surface area contributed by atoms with E-state index in [0.29, 0.717) is 17.4 Å². The lowest BCUT2D eigenvalue weighted by molar-refractivity contribution is -0.156. The zero-order valence-corrected chi connectivity index (χ0v) is 10.8. The van der Waals surface area contributed by atoms with Gasteiger partial charge >= 0.3 is 0 Å². The summed E-state index contributed by atoms with van der Waals surface area (Å²) < 4.78 is 10.9. The predicted octanol–water partition coefficient (Wildman–Crippen LogP) is 2.90. The molecule has 0 fully saturated rings. The van der Waals surface area contributed by atoms with Crippen molar-refractivity contribution in [3.05, 3.63) is 23.8 Å². The molecular weight excluding hydrogens is 240 g/mol. The Balaban J connectivity index is 2.29. The molecule has 0 saturated heterocycles. The summed E-state index contributed by atoms with van der Waals surface area (Å²) in [5, 5.41) is 9.93. The highest BCUT2D eigenvalue weighted by atomic mass is 35.5. The van der Waals surface area contributed by atoms with Gasteiger partial charge in [0.1, 0.15) is 0 Å². The highest BCUT2D eigenvalue weighted by molar-refractivity contribution is 6.18. The van der Waals surface area contributed by atoms with Gasteiger partial charge in [0, 0.05) is 0 Å². The summed E-state index contributed by atoms with van der Waals surface area (Å²) in [6, 6.07) is 5.83. The Hall–Kier alpha value is -0.930. The molecule has 2 unspecified atom stereocenters. The van der Waals surface area contributed by atoms with E-state index in [2.05, 4.69) is 13.8 Å². The number of halogens is 1. The number of alkyl halides is 1. The van der Waals surface area contributed by atoms with Gasteiger partial charge in [-0.15, -0.1) is 11.6 Å². The van der Waals surface area contributed by atoms with E-state index in [0.717, 1.165) is 6.42 Å². The second-order valence-corrected chi connectivity index (χ2v) is 4.75. The first-order valence-electron chi connectivity index (χ1n) is 5.82. The summed E-state index contributed by atoms with van der Waals surface area (Å²) in [6.45, 7) is 4.35. The van der Waals surface area contributed by atoms with Crippen LogP contribution in [0.15, 0.2) is 18.2 Å². The van der Waals surface area contributed by atoms with Crippen molar-refractivity contribution in [2.45, 2.75) is 32.0 Å². The second-order valence-electron chi connectivity index (χ2n) is 4.49. The summed E-state index contributed by atoms with van der Waals surface area (Å²) in [4.78, 5) is 0. The summed E-state index contributed by atoms with van der Waals surface area (Å²) in [6.07, 6.45) is 1.05. The van der Waals surface area contributed by atoms with Gasteiger partial charge in [-0.05, 0) is 30.0 Å². The summed E-state index contributed by atoms with van der Waals surface area (Å²) in [5.41, 5.74) is 1.17. The Morgan fingerprint density at radius 2 is 2.24 bits per heavy atom. The fourth-order valence-electron chi connectivity index (χ4n) is 1.76. The molecule has 17 heavy (non-hydrogen) atoms. The molecule has 0 amide bonds. The first kappa shape index (κ1) is 12.5. The quantitative estimate of drug-likeness (QED) is 0.846. The zero-order valence-electron chi connectivity index (χ0n) is 10.1. The maximum atomic E-state index is 9.93. The molecule has 0 aliphatic carbocycles. The maximum Gasteiger partial charge on any atom is 0.256 e. The monoisotopic (exact) mass is 256 g/mol. The van der Waals surface area contributed by atoms with Crippen LogP contribution >= 0.6 is 11.6 Å². The molecule has 0 saturated carbocycles. The van der Waals surface area contributed by atoms with Crippen molar-refractivity contribution in [3.63, 3.8) is 0 Å². The van der Waals surface area contributed by atoms with Crippen LogP contribution in [0, 0.1) is 0 Å². The van der Waals surface area contributed by atoms with E-state index in [4.69, 9.17) is 21.1 Å². The number of benzene rings is 1. The third kappa shape index (κ3) is 2.50. The minimum Gasteiger partial charge on any atom is -0.483 e. The molecule has 0 spiro atoms. The second kappa shape index (κ2) is 4.75. The molecule has 1 heterocycles. The number of hydrogen-bond donors (Lipinski definition) is 1. The molecule has 94 valence electrons. The lowest BCUT2D eigenvalue weighted by Gasteiger charge is -2.32. The van der Waals surface area contributed by atoms with E-state index in [1.54, 1.807) is 0 Å². The number of rotatable bonds is 3. The number of hydrogen-bond acceptors (Lipinski definition) is 3. The normalized spacial score (nSPS) is 24.5. The van der Waals surface area contributed by atoms with Gasteiger partial charge < -0.3 is 14.6 Å². The van der Waals surface area contributed by atoms with Gasteiger partial charge in [0.2, 0.25) is 0 Å². The lowest BCUT2D eigenvalue weighted by atomic mass is 9.98. The SMILES string of the molecule is CCC(C)c1ccc2c(c1)OC(O)(CCl)CO2. The van der Waals surface area contributed by atoms with Gasteiger partial charge in [0.05, 0.1) is 5.88 Å². The molecule has 1 aromatic carbocycles. The maximum absolute atomic E-state index is 9.93. The van der Waals surface area contributed by atoms with Crippen LogP contribution in [0.1, 0.15) is 31.7 Å². The summed E-state index contributed by atoms with van der Waals surface area (Å²) >= 11 is 5.66. The average molecular weight is 257 g/mol. The first-order valence-corrected chi connectivity index (χ1v) is 6.35. The van der Waals surface area contributed by atoms with Gasteiger partial charge in [-0.1, -0.05) is 19.9 Å². The molecule has 2 rings (SSSR count). The summed E-state index contributed by atoms with van der Waals surface area (Å²) in [5.74, 6) is 0.252. The Morgan fingerprint density at radius 3 is 2.88 bits per heavy atom. The van der Waals surface area contributed by atoms with Gasteiger partial charge in [-0.25, -0.2) is 0 Å². The smallest absolute Gasteiger partial charge is 0.256 e. The number of aliphatic hydroxyl groups is 1. The largest absolute Gasteiger partial charge is 0.483 e. The average Bonchev–Trinajstić information content (AvgIpc) is 2.37. The molecule has 0 aromatic heterocycles. The molecule has 0 bridgehead atoms. The molecule has 0 radical (unpaired) electrons. The van der Waals surface area contributed by atoms with Crippen molar-refractivity contribution >= 4 is 11.6 Å². The van der Waals surface area contributed by atoms with Crippen LogP contribution < -0.4 is 9.47 Å². The van der Waals surface area contributed by atoms with E-state index in [1.807, 2.05) is 18.2 Å². The molecule has 1 N–H and O–H groups in total. The van der Waals surface area contributed by atoms with Crippen molar-refractivity contribution in [2.24, 2.45) is 0 Å².